The molecule has 0 bridgehead atoms. The number of nitrogens with one attached hydrogen (secondary N) is 1. The first-order chi connectivity index (χ1) is 17.7. The van der Waals surface area contributed by atoms with Crippen LogP contribution in [0.1, 0.15) is 24.4 Å². The predicted molar refractivity (Wildman–Crippen MR) is 143 cm³/mol. The number of piperidine rings is 1. The number of nitrogens with zero attached hydrogens (tertiary/aromatic N) is 3. The Morgan fingerprint density at radius 1 is 0.722 bits per heavy atom. The van der Waals surface area contributed by atoms with E-state index in [4.69, 9.17) is 0 Å². The van der Waals surface area contributed by atoms with E-state index in [1.54, 1.807) is 4.90 Å². The van der Waals surface area contributed by atoms with Crippen molar-refractivity contribution >= 4 is 23.2 Å². The van der Waals surface area contributed by atoms with E-state index in [0.29, 0.717) is 36.4 Å². The number of carbonyl (C=O) groups is 2. The maximum absolute atomic E-state index is 13.5. The molecule has 2 aliphatic rings. The zero-order valence-corrected chi connectivity index (χ0v) is 20.6. The quantitative estimate of drug-likeness (QED) is 0.553. The van der Waals surface area contributed by atoms with Gasteiger partial charge in [0.15, 0.2) is 0 Å². The van der Waals surface area contributed by atoms with Gasteiger partial charge in [-0.05, 0) is 61.7 Å². The van der Waals surface area contributed by atoms with E-state index in [9.17, 15) is 9.59 Å². The molecule has 6 nitrogen and oxygen atoms in total. The Labute approximate surface area is 213 Å². The number of para-hydroxylation sites is 2. The second kappa shape index (κ2) is 11.5. The topological polar surface area (TPSA) is 55.9 Å². The van der Waals surface area contributed by atoms with E-state index in [1.807, 2.05) is 60.7 Å². The Kier molecular flexibility index (Phi) is 7.74. The van der Waals surface area contributed by atoms with Gasteiger partial charge in [-0.3, -0.25) is 19.4 Å². The molecule has 0 saturated carbocycles. The Morgan fingerprint density at radius 2 is 1.22 bits per heavy atom. The van der Waals surface area contributed by atoms with Gasteiger partial charge in [0.1, 0.15) is 0 Å². The van der Waals surface area contributed by atoms with Crippen molar-refractivity contribution in [1.82, 2.24) is 15.1 Å². The summed E-state index contributed by atoms with van der Waals surface area (Å²) in [5.74, 6) is -0.372. The lowest BCUT2D eigenvalue weighted by Gasteiger charge is -2.43. The number of amides is 2. The van der Waals surface area contributed by atoms with Crippen LogP contribution >= 0.6 is 0 Å². The summed E-state index contributed by atoms with van der Waals surface area (Å²) >= 11 is 0. The lowest BCUT2D eigenvalue weighted by atomic mass is 9.84. The van der Waals surface area contributed by atoms with E-state index < -0.39 is 11.8 Å². The maximum atomic E-state index is 13.5. The van der Waals surface area contributed by atoms with E-state index >= 15 is 0 Å². The molecule has 2 fully saturated rings. The average Bonchev–Trinajstić information content (AvgIpc) is 2.96. The van der Waals surface area contributed by atoms with Gasteiger partial charge < -0.3 is 10.2 Å². The molecule has 2 amide bonds. The van der Waals surface area contributed by atoms with Crippen LogP contribution in [0.3, 0.4) is 0 Å². The highest BCUT2D eigenvalue weighted by Gasteiger charge is 2.35. The first kappa shape index (κ1) is 24.2. The number of rotatable bonds is 5. The number of benzene rings is 3. The standard InChI is InChI=1S/C30H34N4O2/c35-29(30(36)34(26-12-6-2-7-13-26)27-14-8-3-9-15-27)33-22-20-32(21-23-33)28(24-10-4-1-5-11-24)25-16-18-31-19-17-25/h1-15,25,28,31H,16-23H2. The second-order valence-electron chi connectivity index (χ2n) is 9.58. The van der Waals surface area contributed by atoms with Gasteiger partial charge in [0.05, 0.1) is 0 Å². The summed E-state index contributed by atoms with van der Waals surface area (Å²) in [6.45, 7) is 4.73. The summed E-state index contributed by atoms with van der Waals surface area (Å²) in [4.78, 5) is 32.8. The second-order valence-corrected chi connectivity index (χ2v) is 9.58. The summed E-state index contributed by atoms with van der Waals surface area (Å²) in [7, 11) is 0. The van der Waals surface area contributed by atoms with E-state index in [2.05, 4.69) is 40.5 Å². The molecule has 6 heteroatoms. The third kappa shape index (κ3) is 5.35. The summed E-state index contributed by atoms with van der Waals surface area (Å²) in [6.07, 6.45) is 2.31. The number of hydrogen-bond acceptors (Lipinski definition) is 4. The lowest BCUT2D eigenvalue weighted by molar-refractivity contribution is -0.145. The maximum Gasteiger partial charge on any atom is 0.321 e. The van der Waals surface area contributed by atoms with E-state index in [-0.39, 0.29) is 0 Å². The molecule has 1 N–H and O–H groups in total. The minimum absolute atomic E-state index is 0.339. The highest BCUT2D eigenvalue weighted by Crippen LogP contribution is 2.35. The molecular formula is C30H34N4O2. The molecular weight excluding hydrogens is 448 g/mol. The van der Waals surface area contributed by atoms with Crippen LogP contribution < -0.4 is 10.2 Å². The van der Waals surface area contributed by atoms with Crippen molar-refractivity contribution in [2.45, 2.75) is 18.9 Å². The van der Waals surface area contributed by atoms with Crippen LogP contribution in [0.15, 0.2) is 91.0 Å². The van der Waals surface area contributed by atoms with Gasteiger partial charge in [0, 0.05) is 43.6 Å². The van der Waals surface area contributed by atoms with E-state index in [1.165, 1.54) is 10.5 Å². The van der Waals surface area contributed by atoms with Gasteiger partial charge in [-0.25, -0.2) is 0 Å². The van der Waals surface area contributed by atoms with Gasteiger partial charge in [-0.2, -0.15) is 0 Å². The molecule has 36 heavy (non-hydrogen) atoms. The lowest BCUT2D eigenvalue weighted by Crippen LogP contribution is -2.54. The zero-order valence-electron chi connectivity index (χ0n) is 20.6. The highest BCUT2D eigenvalue weighted by molar-refractivity contribution is 6.42. The van der Waals surface area contributed by atoms with Crippen molar-refractivity contribution in [3.63, 3.8) is 0 Å². The number of anilines is 2. The first-order valence-electron chi connectivity index (χ1n) is 13.0. The SMILES string of the molecule is O=C(C(=O)N(c1ccccc1)c1ccccc1)N1CCN(C(c2ccccc2)C2CCNCC2)CC1. The zero-order chi connectivity index (χ0) is 24.7. The molecule has 0 radical (unpaired) electrons. The molecule has 0 spiro atoms. The van der Waals surface area contributed by atoms with Crippen LogP contribution in [0.2, 0.25) is 0 Å². The van der Waals surface area contributed by atoms with Crippen molar-refractivity contribution in [3.05, 3.63) is 96.6 Å². The third-order valence-corrected chi connectivity index (χ3v) is 7.38. The molecule has 5 rings (SSSR count). The van der Waals surface area contributed by atoms with Crippen molar-refractivity contribution in [1.29, 1.82) is 0 Å². The largest absolute Gasteiger partial charge is 0.332 e. The smallest absolute Gasteiger partial charge is 0.321 e. The van der Waals surface area contributed by atoms with Crippen LogP contribution in [0.5, 0.6) is 0 Å². The minimum Gasteiger partial charge on any atom is -0.332 e. The fourth-order valence-electron chi connectivity index (χ4n) is 5.56. The Balaban J connectivity index is 1.31. The summed E-state index contributed by atoms with van der Waals surface area (Å²) in [5.41, 5.74) is 2.73. The van der Waals surface area contributed by atoms with E-state index in [0.717, 1.165) is 39.0 Å². The molecule has 3 aromatic rings. The monoisotopic (exact) mass is 482 g/mol. The number of carbonyl (C=O) groups excluding carboxylic acids is 2. The van der Waals surface area contributed by atoms with Crippen molar-refractivity contribution in [2.24, 2.45) is 5.92 Å². The fraction of sp³-hybridized carbons (Fsp3) is 0.333. The normalized spacial score (nSPS) is 17.9. The molecule has 0 aromatic heterocycles. The van der Waals surface area contributed by atoms with Crippen LogP contribution in [0, 0.1) is 5.92 Å². The van der Waals surface area contributed by atoms with Crippen molar-refractivity contribution < 1.29 is 9.59 Å². The Bertz CT molecular complexity index is 1090. The Hall–Kier alpha value is -3.48. The Morgan fingerprint density at radius 3 is 1.75 bits per heavy atom. The summed E-state index contributed by atoms with van der Waals surface area (Å²) in [6, 6.07) is 29.9. The van der Waals surface area contributed by atoms with Gasteiger partial charge in [0.2, 0.25) is 0 Å². The van der Waals surface area contributed by atoms with Crippen LogP contribution in [0.25, 0.3) is 0 Å². The molecule has 2 saturated heterocycles. The van der Waals surface area contributed by atoms with Crippen LogP contribution in [-0.4, -0.2) is 60.9 Å². The fourth-order valence-corrected chi connectivity index (χ4v) is 5.56. The van der Waals surface area contributed by atoms with Crippen molar-refractivity contribution in [2.75, 3.05) is 44.2 Å². The van der Waals surface area contributed by atoms with Gasteiger partial charge in [-0.15, -0.1) is 0 Å². The predicted octanol–water partition coefficient (Wildman–Crippen LogP) is 4.24. The van der Waals surface area contributed by atoms with Gasteiger partial charge >= 0.3 is 11.8 Å². The summed E-state index contributed by atoms with van der Waals surface area (Å²) in [5, 5.41) is 3.48. The number of hydrogen-bond donors (Lipinski definition) is 1. The highest BCUT2D eigenvalue weighted by atomic mass is 16.2. The van der Waals surface area contributed by atoms with Crippen LogP contribution in [-0.2, 0) is 9.59 Å². The molecule has 0 aliphatic carbocycles. The van der Waals surface area contributed by atoms with Crippen molar-refractivity contribution in [3.8, 4) is 0 Å². The van der Waals surface area contributed by atoms with Crippen LogP contribution in [0.4, 0.5) is 11.4 Å². The molecule has 186 valence electrons. The molecule has 2 heterocycles. The number of piperazine rings is 1. The van der Waals surface area contributed by atoms with Gasteiger partial charge in [-0.1, -0.05) is 66.7 Å². The first-order valence-corrected chi connectivity index (χ1v) is 13.0. The molecule has 2 aliphatic heterocycles. The average molecular weight is 483 g/mol. The van der Waals surface area contributed by atoms with Gasteiger partial charge in [0.25, 0.3) is 0 Å². The minimum atomic E-state index is -0.515. The molecule has 3 aromatic carbocycles. The molecule has 1 atom stereocenters. The summed E-state index contributed by atoms with van der Waals surface area (Å²) < 4.78 is 0. The molecule has 1 unspecified atom stereocenters. The third-order valence-electron chi connectivity index (χ3n) is 7.38.